The van der Waals surface area contributed by atoms with Crippen LogP contribution in [0.15, 0.2) is 24.3 Å². The maximum absolute atomic E-state index is 12.3. The zero-order valence-electron chi connectivity index (χ0n) is 13.7. The van der Waals surface area contributed by atoms with Gasteiger partial charge in [-0.1, -0.05) is 13.0 Å². The van der Waals surface area contributed by atoms with Crippen LogP contribution in [0.4, 0.5) is 18.9 Å². The summed E-state index contributed by atoms with van der Waals surface area (Å²) in [5, 5.41) is 5.94. The number of carbonyl (C=O) groups is 1. The van der Waals surface area contributed by atoms with Crippen molar-refractivity contribution in [1.29, 1.82) is 0 Å². The molecular weight excluding hydrogens is 323 g/mol. The molecule has 0 spiro atoms. The quantitative estimate of drug-likeness (QED) is 0.829. The number of amides is 1. The predicted octanol–water partition coefficient (Wildman–Crippen LogP) is 2.14. The first-order valence-electron chi connectivity index (χ1n) is 7.84. The summed E-state index contributed by atoms with van der Waals surface area (Å²) in [6.07, 6.45) is -3.95. The lowest BCUT2D eigenvalue weighted by atomic mass is 10.1. The Labute approximate surface area is 139 Å². The average molecular weight is 345 g/mol. The summed E-state index contributed by atoms with van der Waals surface area (Å²) < 4.78 is 40.9. The van der Waals surface area contributed by atoms with Crippen LogP contribution in [0.25, 0.3) is 0 Å². The van der Waals surface area contributed by atoms with Crippen LogP contribution < -0.4 is 20.3 Å². The van der Waals surface area contributed by atoms with Crippen molar-refractivity contribution in [3.8, 4) is 5.75 Å². The highest BCUT2D eigenvalue weighted by Crippen LogP contribution is 2.28. The van der Waals surface area contributed by atoms with Gasteiger partial charge < -0.3 is 20.3 Å². The van der Waals surface area contributed by atoms with Crippen molar-refractivity contribution in [2.75, 3.05) is 31.6 Å². The zero-order chi connectivity index (χ0) is 17.7. The van der Waals surface area contributed by atoms with E-state index in [0.717, 1.165) is 6.42 Å². The van der Waals surface area contributed by atoms with Gasteiger partial charge in [-0.3, -0.25) is 4.79 Å². The molecule has 0 aromatic heterocycles. The van der Waals surface area contributed by atoms with Crippen LogP contribution >= 0.6 is 0 Å². The van der Waals surface area contributed by atoms with Crippen molar-refractivity contribution in [2.24, 2.45) is 5.92 Å². The first-order chi connectivity index (χ1) is 11.3. The average Bonchev–Trinajstić information content (AvgIpc) is 2.94. The lowest BCUT2D eigenvalue weighted by Gasteiger charge is -2.21. The molecule has 0 saturated carbocycles. The zero-order valence-corrected chi connectivity index (χ0v) is 13.7. The second kappa shape index (κ2) is 7.74. The van der Waals surface area contributed by atoms with Crippen molar-refractivity contribution in [1.82, 2.24) is 10.6 Å². The van der Waals surface area contributed by atoms with E-state index in [1.54, 1.807) is 13.1 Å². The standard InChI is InChI=1S/C16H22F3N3O2/c1-11(9-20-2)15(23)21-12-6-7-22(10-12)13-4-3-5-14(8-13)24-16(17,18)19/h3-5,8,11-12,20H,6-7,9-10H2,1-2H3,(H,21,23). The fraction of sp³-hybridized carbons (Fsp3) is 0.562. The number of nitrogens with zero attached hydrogens (tertiary/aromatic N) is 1. The summed E-state index contributed by atoms with van der Waals surface area (Å²) in [6.45, 7) is 3.67. The predicted molar refractivity (Wildman–Crippen MR) is 85.0 cm³/mol. The molecular formula is C16H22F3N3O2. The fourth-order valence-electron chi connectivity index (χ4n) is 2.73. The third kappa shape index (κ3) is 5.30. The van der Waals surface area contributed by atoms with E-state index in [4.69, 9.17) is 0 Å². The van der Waals surface area contributed by atoms with Crippen LogP contribution in [-0.4, -0.2) is 45.0 Å². The van der Waals surface area contributed by atoms with Crippen molar-refractivity contribution < 1.29 is 22.7 Å². The molecule has 1 heterocycles. The van der Waals surface area contributed by atoms with Gasteiger partial charge in [-0.15, -0.1) is 13.2 Å². The van der Waals surface area contributed by atoms with Gasteiger partial charge in [0.2, 0.25) is 5.91 Å². The van der Waals surface area contributed by atoms with Crippen LogP contribution in [0, 0.1) is 5.92 Å². The van der Waals surface area contributed by atoms with Gasteiger partial charge in [0.05, 0.1) is 0 Å². The summed E-state index contributed by atoms with van der Waals surface area (Å²) in [4.78, 5) is 14.0. The number of carbonyl (C=O) groups excluding carboxylic acids is 1. The minimum absolute atomic E-state index is 0.0102. The third-order valence-corrected chi connectivity index (χ3v) is 3.91. The highest BCUT2D eigenvalue weighted by atomic mass is 19.4. The Balaban J connectivity index is 1.93. The van der Waals surface area contributed by atoms with E-state index in [2.05, 4.69) is 15.4 Å². The molecule has 0 aliphatic carbocycles. The maximum Gasteiger partial charge on any atom is 0.573 e. The second-order valence-corrected chi connectivity index (χ2v) is 5.94. The first kappa shape index (κ1) is 18.4. The van der Waals surface area contributed by atoms with E-state index >= 15 is 0 Å². The van der Waals surface area contributed by atoms with Gasteiger partial charge in [-0.25, -0.2) is 0 Å². The van der Waals surface area contributed by atoms with Gasteiger partial charge in [0.15, 0.2) is 0 Å². The largest absolute Gasteiger partial charge is 0.573 e. The summed E-state index contributed by atoms with van der Waals surface area (Å²) in [5.74, 6) is -0.395. The van der Waals surface area contributed by atoms with E-state index < -0.39 is 6.36 Å². The van der Waals surface area contributed by atoms with Gasteiger partial charge in [0.25, 0.3) is 0 Å². The summed E-state index contributed by atoms with van der Waals surface area (Å²) in [5.41, 5.74) is 0.650. The van der Waals surface area contributed by atoms with Crippen LogP contribution in [0.2, 0.25) is 0 Å². The molecule has 8 heteroatoms. The molecule has 1 aromatic carbocycles. The van der Waals surface area contributed by atoms with Gasteiger partial charge in [-0.2, -0.15) is 0 Å². The lowest BCUT2D eigenvalue weighted by Crippen LogP contribution is -2.42. The molecule has 1 aliphatic heterocycles. The van der Waals surface area contributed by atoms with Gasteiger partial charge in [0, 0.05) is 43.3 Å². The monoisotopic (exact) mass is 345 g/mol. The summed E-state index contributed by atoms with van der Waals surface area (Å²) in [7, 11) is 1.79. The molecule has 0 bridgehead atoms. The van der Waals surface area contributed by atoms with Crippen LogP contribution in [0.1, 0.15) is 13.3 Å². The molecule has 2 atom stereocenters. The maximum atomic E-state index is 12.3. The van der Waals surface area contributed by atoms with Crippen molar-refractivity contribution in [2.45, 2.75) is 25.7 Å². The van der Waals surface area contributed by atoms with E-state index in [1.807, 2.05) is 11.8 Å². The van der Waals surface area contributed by atoms with Crippen molar-refractivity contribution >= 4 is 11.6 Å². The molecule has 1 amide bonds. The number of hydrogen-bond acceptors (Lipinski definition) is 4. The Hall–Kier alpha value is -1.96. The highest BCUT2D eigenvalue weighted by Gasteiger charge is 2.31. The SMILES string of the molecule is CNCC(C)C(=O)NC1CCN(c2cccc(OC(F)(F)F)c2)C1. The van der Waals surface area contributed by atoms with E-state index in [-0.39, 0.29) is 23.6 Å². The van der Waals surface area contributed by atoms with Crippen LogP contribution in [0.5, 0.6) is 5.75 Å². The fourth-order valence-corrected chi connectivity index (χ4v) is 2.73. The Morgan fingerprint density at radius 1 is 1.46 bits per heavy atom. The molecule has 2 N–H and O–H groups in total. The first-order valence-corrected chi connectivity index (χ1v) is 7.84. The number of benzene rings is 1. The number of hydrogen-bond donors (Lipinski definition) is 2. The normalized spacial score (nSPS) is 19.2. The topological polar surface area (TPSA) is 53.6 Å². The summed E-state index contributed by atoms with van der Waals surface area (Å²) >= 11 is 0. The van der Waals surface area contributed by atoms with Gasteiger partial charge in [0.1, 0.15) is 5.75 Å². The van der Waals surface area contributed by atoms with E-state index in [0.29, 0.717) is 25.3 Å². The highest BCUT2D eigenvalue weighted by molar-refractivity contribution is 5.79. The molecule has 1 fully saturated rings. The minimum Gasteiger partial charge on any atom is -0.406 e. The molecule has 2 unspecified atom stereocenters. The number of alkyl halides is 3. The lowest BCUT2D eigenvalue weighted by molar-refractivity contribution is -0.274. The molecule has 134 valence electrons. The molecule has 1 aromatic rings. The Morgan fingerprint density at radius 3 is 2.88 bits per heavy atom. The number of halogens is 3. The number of rotatable bonds is 6. The van der Waals surface area contributed by atoms with Gasteiger partial charge >= 0.3 is 6.36 Å². The minimum atomic E-state index is -4.70. The molecule has 1 saturated heterocycles. The van der Waals surface area contributed by atoms with E-state index in [1.165, 1.54) is 18.2 Å². The van der Waals surface area contributed by atoms with Crippen LogP contribution in [-0.2, 0) is 4.79 Å². The van der Waals surface area contributed by atoms with Gasteiger partial charge in [-0.05, 0) is 25.6 Å². The molecule has 0 radical (unpaired) electrons. The number of nitrogens with one attached hydrogen (secondary N) is 2. The molecule has 24 heavy (non-hydrogen) atoms. The van der Waals surface area contributed by atoms with Crippen molar-refractivity contribution in [3.05, 3.63) is 24.3 Å². The Bertz CT molecular complexity index is 566. The number of ether oxygens (including phenoxy) is 1. The molecule has 5 nitrogen and oxygen atoms in total. The van der Waals surface area contributed by atoms with Crippen LogP contribution in [0.3, 0.4) is 0 Å². The number of anilines is 1. The Kier molecular flexibility index (Phi) is 5.93. The van der Waals surface area contributed by atoms with E-state index in [9.17, 15) is 18.0 Å². The second-order valence-electron chi connectivity index (χ2n) is 5.94. The third-order valence-electron chi connectivity index (χ3n) is 3.91. The smallest absolute Gasteiger partial charge is 0.406 e. The summed E-state index contributed by atoms with van der Waals surface area (Å²) in [6, 6.07) is 5.88. The molecule has 2 rings (SSSR count). The molecule has 1 aliphatic rings. The van der Waals surface area contributed by atoms with Crippen molar-refractivity contribution in [3.63, 3.8) is 0 Å². The Morgan fingerprint density at radius 2 is 2.21 bits per heavy atom.